The molecule has 0 unspecified atom stereocenters. The van der Waals surface area contributed by atoms with E-state index in [9.17, 15) is 0 Å². The predicted octanol–water partition coefficient (Wildman–Crippen LogP) is 3.58. The van der Waals surface area contributed by atoms with Crippen molar-refractivity contribution in [2.45, 2.75) is 6.92 Å². The van der Waals surface area contributed by atoms with Crippen molar-refractivity contribution >= 4 is 18.8 Å². The molecule has 17 heavy (non-hydrogen) atoms. The summed E-state index contributed by atoms with van der Waals surface area (Å²) in [5.41, 5.74) is 0. The van der Waals surface area contributed by atoms with Crippen LogP contribution >= 0.6 is 8.15 Å². The second-order valence-corrected chi connectivity index (χ2v) is 5.56. The van der Waals surface area contributed by atoms with Crippen LogP contribution in [0.3, 0.4) is 0 Å². The summed E-state index contributed by atoms with van der Waals surface area (Å²) in [6.07, 6.45) is 0. The van der Waals surface area contributed by atoms with E-state index in [4.69, 9.17) is 4.52 Å². The molecule has 2 rings (SSSR count). The van der Waals surface area contributed by atoms with Crippen LogP contribution in [0, 0.1) is 0 Å². The molecule has 86 valence electrons. The van der Waals surface area contributed by atoms with Crippen molar-refractivity contribution in [2.24, 2.45) is 0 Å². The van der Waals surface area contributed by atoms with Gasteiger partial charge in [0.1, 0.15) is 8.15 Å². The van der Waals surface area contributed by atoms with Crippen LogP contribution in [0.2, 0.25) is 0 Å². The maximum atomic E-state index is 5.89. The molecule has 0 atom stereocenters. The van der Waals surface area contributed by atoms with Gasteiger partial charge >= 0.3 is 0 Å². The number of rotatable bonds is 4. The van der Waals surface area contributed by atoms with E-state index in [-0.39, 0.29) is 0 Å². The van der Waals surface area contributed by atoms with Gasteiger partial charge in [-0.3, -0.25) is 0 Å². The first kappa shape index (κ1) is 11.9. The fraction of sp³-hybridized carbons (Fsp3) is 0.0667. The lowest BCUT2D eigenvalue weighted by Gasteiger charge is -2.18. The summed E-state index contributed by atoms with van der Waals surface area (Å²) in [4.78, 5) is 0. The lowest BCUT2D eigenvalue weighted by molar-refractivity contribution is 0.489. The smallest absolute Gasteiger partial charge is 0.150 e. The molecule has 0 N–H and O–H groups in total. The van der Waals surface area contributed by atoms with E-state index >= 15 is 0 Å². The average molecular weight is 242 g/mol. The molecule has 0 bridgehead atoms. The quantitative estimate of drug-likeness (QED) is 0.588. The normalized spacial score (nSPS) is 10.2. The fourth-order valence-corrected chi connectivity index (χ4v) is 3.24. The van der Waals surface area contributed by atoms with Crippen molar-refractivity contribution in [3.8, 4) is 0 Å². The monoisotopic (exact) mass is 242 g/mol. The molecule has 1 nitrogen and oxygen atoms in total. The number of allylic oxidation sites excluding steroid dienone is 1. The molecule has 0 spiro atoms. The van der Waals surface area contributed by atoms with Gasteiger partial charge < -0.3 is 4.52 Å². The van der Waals surface area contributed by atoms with Gasteiger partial charge in [0.2, 0.25) is 0 Å². The molecule has 0 saturated carbocycles. The van der Waals surface area contributed by atoms with Crippen LogP contribution in [-0.4, -0.2) is 0 Å². The molecule has 0 fully saturated rings. The van der Waals surface area contributed by atoms with Gasteiger partial charge in [-0.05, 0) is 6.92 Å². The highest BCUT2D eigenvalue weighted by Gasteiger charge is 2.15. The zero-order valence-corrected chi connectivity index (χ0v) is 10.7. The topological polar surface area (TPSA) is 9.23 Å². The highest BCUT2D eigenvalue weighted by Crippen LogP contribution is 2.36. The number of hydrogen-bond acceptors (Lipinski definition) is 1. The van der Waals surface area contributed by atoms with E-state index < -0.39 is 8.15 Å². The third kappa shape index (κ3) is 3.18. The van der Waals surface area contributed by atoms with Crippen LogP contribution in [0.4, 0.5) is 0 Å². The highest BCUT2D eigenvalue weighted by atomic mass is 31.1. The second-order valence-electron chi connectivity index (χ2n) is 3.76. The summed E-state index contributed by atoms with van der Waals surface area (Å²) in [6.45, 7) is 5.73. The van der Waals surface area contributed by atoms with Crippen molar-refractivity contribution in [3.05, 3.63) is 73.0 Å². The molecule has 2 heteroatoms. The summed E-state index contributed by atoms with van der Waals surface area (Å²) < 4.78 is 5.89. The van der Waals surface area contributed by atoms with E-state index in [1.165, 1.54) is 10.6 Å². The molecule has 0 aliphatic rings. The van der Waals surface area contributed by atoms with E-state index in [1.807, 2.05) is 43.3 Å². The Morgan fingerprint density at radius 2 is 1.29 bits per heavy atom. The molecule has 0 aromatic heterocycles. The minimum atomic E-state index is -0.790. The summed E-state index contributed by atoms with van der Waals surface area (Å²) in [6, 6.07) is 20.6. The highest BCUT2D eigenvalue weighted by molar-refractivity contribution is 7.68. The lowest BCUT2D eigenvalue weighted by Crippen LogP contribution is -2.12. The SMILES string of the molecule is C=C(C)OP(c1ccccc1)c1ccccc1. The van der Waals surface area contributed by atoms with Gasteiger partial charge in [0.15, 0.2) is 0 Å². The number of hydrogen-bond donors (Lipinski definition) is 0. The molecular weight excluding hydrogens is 227 g/mol. The Kier molecular flexibility index (Phi) is 3.95. The predicted molar refractivity (Wildman–Crippen MR) is 75.0 cm³/mol. The summed E-state index contributed by atoms with van der Waals surface area (Å²) in [5, 5.41) is 2.41. The maximum Gasteiger partial charge on any atom is 0.150 e. The molecule has 0 aliphatic heterocycles. The molecule has 0 saturated heterocycles. The lowest BCUT2D eigenvalue weighted by atomic mass is 10.4. The second kappa shape index (κ2) is 5.65. The van der Waals surface area contributed by atoms with Gasteiger partial charge in [-0.1, -0.05) is 67.2 Å². The first-order valence-corrected chi connectivity index (χ1v) is 6.77. The molecule has 0 amide bonds. The van der Waals surface area contributed by atoms with Gasteiger partial charge in [0.05, 0.1) is 5.76 Å². The van der Waals surface area contributed by atoms with E-state index in [0.717, 1.165) is 5.76 Å². The van der Waals surface area contributed by atoms with E-state index in [0.29, 0.717) is 0 Å². The Morgan fingerprint density at radius 1 is 0.882 bits per heavy atom. The van der Waals surface area contributed by atoms with Gasteiger partial charge in [0, 0.05) is 10.6 Å². The van der Waals surface area contributed by atoms with E-state index in [1.54, 1.807) is 0 Å². The Labute approximate surface area is 104 Å². The zero-order chi connectivity index (χ0) is 12.1. The van der Waals surface area contributed by atoms with E-state index in [2.05, 4.69) is 30.8 Å². The molecule has 0 heterocycles. The molecular formula is C15H15OP. The minimum Gasteiger partial charge on any atom is -0.470 e. The van der Waals surface area contributed by atoms with Crippen molar-refractivity contribution < 1.29 is 4.52 Å². The molecule has 2 aromatic carbocycles. The molecule has 0 aliphatic carbocycles. The van der Waals surface area contributed by atoms with Gasteiger partial charge in [-0.2, -0.15) is 0 Å². The zero-order valence-electron chi connectivity index (χ0n) is 9.84. The minimum absolute atomic E-state index is 0.754. The third-order valence-corrected chi connectivity index (χ3v) is 4.26. The van der Waals surface area contributed by atoms with Crippen molar-refractivity contribution in [1.29, 1.82) is 0 Å². The summed E-state index contributed by atoms with van der Waals surface area (Å²) in [7, 11) is -0.790. The van der Waals surface area contributed by atoms with Crippen molar-refractivity contribution in [1.82, 2.24) is 0 Å². The number of benzene rings is 2. The van der Waals surface area contributed by atoms with Crippen LogP contribution in [0.1, 0.15) is 6.92 Å². The van der Waals surface area contributed by atoms with Crippen LogP contribution in [0.15, 0.2) is 73.0 Å². The fourth-order valence-electron chi connectivity index (χ4n) is 1.54. The van der Waals surface area contributed by atoms with Crippen LogP contribution in [0.25, 0.3) is 0 Å². The van der Waals surface area contributed by atoms with Gasteiger partial charge in [0.25, 0.3) is 0 Å². The van der Waals surface area contributed by atoms with Gasteiger partial charge in [-0.15, -0.1) is 0 Å². The average Bonchev–Trinajstić information content (AvgIpc) is 2.38. The summed E-state index contributed by atoms with van der Waals surface area (Å²) in [5.74, 6) is 0.754. The van der Waals surface area contributed by atoms with Crippen LogP contribution < -0.4 is 10.6 Å². The van der Waals surface area contributed by atoms with Crippen LogP contribution in [0.5, 0.6) is 0 Å². The molecule has 0 radical (unpaired) electrons. The third-order valence-electron chi connectivity index (χ3n) is 2.23. The Balaban J connectivity index is 2.36. The first-order valence-electron chi connectivity index (χ1n) is 5.51. The largest absolute Gasteiger partial charge is 0.470 e. The molecule has 2 aromatic rings. The Morgan fingerprint density at radius 3 is 1.65 bits per heavy atom. The van der Waals surface area contributed by atoms with Crippen molar-refractivity contribution in [2.75, 3.05) is 0 Å². The van der Waals surface area contributed by atoms with Crippen LogP contribution in [-0.2, 0) is 4.52 Å². The summed E-state index contributed by atoms with van der Waals surface area (Å²) >= 11 is 0. The van der Waals surface area contributed by atoms with Gasteiger partial charge in [-0.25, -0.2) is 0 Å². The maximum absolute atomic E-state index is 5.89. The Bertz CT molecular complexity index is 439. The Hall–Kier alpha value is -1.59. The first-order chi connectivity index (χ1) is 8.27. The van der Waals surface area contributed by atoms with Crippen molar-refractivity contribution in [3.63, 3.8) is 0 Å². The standard InChI is InChI=1S/C15H15OP/c1-13(2)16-17(14-9-5-3-6-10-14)15-11-7-4-8-12-15/h3-12H,1H2,2H3.